The van der Waals surface area contributed by atoms with Crippen LogP contribution < -0.4 is 10.5 Å². The summed E-state index contributed by atoms with van der Waals surface area (Å²) in [5.41, 5.74) is 8.05. The number of thiazole rings is 1. The van der Waals surface area contributed by atoms with Gasteiger partial charge in [-0.3, -0.25) is 0 Å². The highest BCUT2D eigenvalue weighted by molar-refractivity contribution is 7.13. The molecule has 13 heteroatoms. The largest absolute Gasteiger partial charge is 0.444 e. The quantitative estimate of drug-likeness (QED) is 0.133. The summed E-state index contributed by atoms with van der Waals surface area (Å²) >= 11 is 1.48. The van der Waals surface area contributed by atoms with E-state index in [9.17, 15) is 9.59 Å². The van der Waals surface area contributed by atoms with Crippen molar-refractivity contribution in [1.29, 1.82) is 0 Å². The van der Waals surface area contributed by atoms with Crippen LogP contribution in [0.2, 0.25) is 0 Å². The predicted octanol–water partition coefficient (Wildman–Crippen LogP) is 9.49. The van der Waals surface area contributed by atoms with Crippen molar-refractivity contribution in [2.45, 2.75) is 105 Å². The predicted molar refractivity (Wildman–Crippen MR) is 210 cm³/mol. The van der Waals surface area contributed by atoms with E-state index in [1.165, 1.54) is 23.2 Å². The lowest BCUT2D eigenvalue weighted by atomic mass is 10.1. The lowest BCUT2D eigenvalue weighted by molar-refractivity contribution is 0.0186. The summed E-state index contributed by atoms with van der Waals surface area (Å²) in [5, 5.41) is 3.43. The van der Waals surface area contributed by atoms with Gasteiger partial charge in [0.15, 0.2) is 0 Å². The average Bonchev–Trinajstić information content (AvgIpc) is 3.83. The molecule has 1 aromatic carbocycles. The Hall–Kier alpha value is -4.65. The summed E-state index contributed by atoms with van der Waals surface area (Å²) < 4.78 is 19.8. The van der Waals surface area contributed by atoms with Gasteiger partial charge in [-0.2, -0.15) is 0 Å². The Morgan fingerprint density at radius 3 is 2.34 bits per heavy atom. The lowest BCUT2D eigenvalue weighted by Crippen LogP contribution is -2.42. The Morgan fingerprint density at radius 1 is 0.981 bits per heavy atom. The molecular weight excluding hydrogens is 691 g/mol. The molecule has 12 nitrogen and oxygen atoms in total. The van der Waals surface area contributed by atoms with Crippen LogP contribution in [0.5, 0.6) is 11.6 Å². The zero-order chi connectivity index (χ0) is 38.3. The lowest BCUT2D eigenvalue weighted by Gasteiger charge is -2.31. The van der Waals surface area contributed by atoms with E-state index in [4.69, 9.17) is 24.9 Å². The Balaban J connectivity index is 1.30. The monoisotopic (exact) mass is 745 g/mol. The first-order chi connectivity index (χ1) is 25.1. The van der Waals surface area contributed by atoms with Crippen molar-refractivity contribution in [2.24, 2.45) is 5.92 Å². The van der Waals surface area contributed by atoms with Gasteiger partial charge in [0.05, 0.1) is 10.8 Å². The number of nitrogens with two attached hydrogens (primary N) is 1. The molecule has 2 N–H and O–H groups in total. The molecule has 0 unspecified atom stereocenters. The number of benzene rings is 1. The summed E-state index contributed by atoms with van der Waals surface area (Å²) in [7, 11) is 0. The van der Waals surface area contributed by atoms with Gasteiger partial charge in [-0.15, -0.1) is 11.3 Å². The van der Waals surface area contributed by atoms with Gasteiger partial charge in [0, 0.05) is 44.0 Å². The molecule has 1 fully saturated rings. The standard InChI is InChI=1S/C40H55N7O5S/c1-9-27(2)18-21-45(37(48)51-39(3,4)5)19-13-20-46(38(49)52-40(6,7)8)23-28-16-17-29(22-28)47-24-31(33-34(41)42-26-43-35(33)47)36-44-32(25-53-36)50-30-14-11-10-12-15-30/h9-12,14-15,24-26,28-29H,13,16-23H2,1-8H3,(H2,41,42,43)/b27-9+/t28-,29+/m1/s1. The van der Waals surface area contributed by atoms with Crippen LogP contribution in [-0.4, -0.2) is 78.9 Å². The summed E-state index contributed by atoms with van der Waals surface area (Å²) in [4.78, 5) is 44.0. The van der Waals surface area contributed by atoms with Crippen LogP contribution in [0.25, 0.3) is 21.6 Å². The molecule has 2 atom stereocenters. The van der Waals surface area contributed by atoms with Crippen LogP contribution >= 0.6 is 11.3 Å². The molecule has 2 amide bonds. The third-order valence-corrected chi connectivity index (χ3v) is 9.99. The number of carbonyl (C=O) groups is 2. The van der Waals surface area contributed by atoms with Crippen molar-refractivity contribution in [3.63, 3.8) is 0 Å². The first-order valence-corrected chi connectivity index (χ1v) is 19.4. The molecule has 1 saturated carbocycles. The maximum atomic E-state index is 13.6. The smallest absolute Gasteiger partial charge is 0.410 e. The second-order valence-electron chi connectivity index (χ2n) is 15.8. The van der Waals surface area contributed by atoms with Crippen LogP contribution in [0.3, 0.4) is 0 Å². The Bertz CT molecular complexity index is 1880. The Kier molecular flexibility index (Phi) is 12.7. The van der Waals surface area contributed by atoms with E-state index in [1.807, 2.05) is 89.1 Å². The summed E-state index contributed by atoms with van der Waals surface area (Å²) in [6, 6.07) is 9.71. The molecule has 1 aliphatic rings. The van der Waals surface area contributed by atoms with Crippen molar-refractivity contribution in [1.82, 2.24) is 29.3 Å². The van der Waals surface area contributed by atoms with E-state index < -0.39 is 11.2 Å². The number of para-hydroxylation sites is 1. The fraction of sp³-hybridized carbons (Fsp3) is 0.525. The highest BCUT2D eigenvalue weighted by Gasteiger charge is 2.33. The average molecular weight is 746 g/mol. The number of ether oxygens (including phenoxy) is 3. The molecular formula is C40H55N7O5S. The molecule has 286 valence electrons. The van der Waals surface area contributed by atoms with Gasteiger partial charge >= 0.3 is 12.2 Å². The van der Waals surface area contributed by atoms with Gasteiger partial charge in [0.1, 0.15) is 39.8 Å². The highest BCUT2D eigenvalue weighted by Crippen LogP contribution is 2.42. The molecule has 0 spiro atoms. The van der Waals surface area contributed by atoms with Crippen LogP contribution in [0.1, 0.15) is 93.5 Å². The molecule has 0 bridgehead atoms. The van der Waals surface area contributed by atoms with Crippen molar-refractivity contribution in [2.75, 3.05) is 31.9 Å². The molecule has 5 rings (SSSR count). The maximum absolute atomic E-state index is 13.6. The number of hydrogen-bond acceptors (Lipinski definition) is 10. The van der Waals surface area contributed by atoms with Gasteiger partial charge in [-0.05, 0) is 106 Å². The van der Waals surface area contributed by atoms with E-state index in [0.29, 0.717) is 50.0 Å². The first-order valence-electron chi connectivity index (χ1n) is 18.5. The van der Waals surface area contributed by atoms with Gasteiger partial charge in [0.25, 0.3) is 0 Å². The normalized spacial score (nSPS) is 16.5. The molecule has 3 heterocycles. The van der Waals surface area contributed by atoms with E-state index in [-0.39, 0.29) is 24.1 Å². The van der Waals surface area contributed by atoms with E-state index in [0.717, 1.165) is 47.3 Å². The van der Waals surface area contributed by atoms with Gasteiger partial charge in [-0.25, -0.2) is 24.5 Å². The van der Waals surface area contributed by atoms with Gasteiger partial charge in [-0.1, -0.05) is 29.8 Å². The fourth-order valence-electron chi connectivity index (χ4n) is 6.48. The minimum absolute atomic E-state index is 0.142. The molecule has 0 saturated heterocycles. The zero-order valence-corrected chi connectivity index (χ0v) is 33.2. The number of nitrogens with zero attached hydrogens (tertiary/aromatic N) is 6. The molecule has 0 aliphatic heterocycles. The molecule has 3 aromatic heterocycles. The molecule has 4 aromatic rings. The van der Waals surface area contributed by atoms with E-state index >= 15 is 0 Å². The van der Waals surface area contributed by atoms with Crippen molar-refractivity contribution >= 4 is 40.4 Å². The molecule has 1 aliphatic carbocycles. The Morgan fingerprint density at radius 2 is 1.66 bits per heavy atom. The van der Waals surface area contributed by atoms with Gasteiger partial charge < -0.3 is 34.3 Å². The first kappa shape index (κ1) is 39.6. The third-order valence-electron chi connectivity index (χ3n) is 9.13. The minimum Gasteiger partial charge on any atom is -0.444 e. The number of anilines is 1. The van der Waals surface area contributed by atoms with Crippen molar-refractivity contribution in [3.8, 4) is 22.2 Å². The van der Waals surface area contributed by atoms with Crippen LogP contribution in [0.4, 0.5) is 15.4 Å². The number of carbonyl (C=O) groups excluding carboxylic acids is 2. The second kappa shape index (κ2) is 17.0. The second-order valence-corrected chi connectivity index (χ2v) is 16.6. The maximum Gasteiger partial charge on any atom is 0.410 e. The minimum atomic E-state index is -0.637. The topological polar surface area (TPSA) is 138 Å². The number of allylic oxidation sites excluding steroid dienone is 1. The van der Waals surface area contributed by atoms with Crippen molar-refractivity contribution in [3.05, 3.63) is 59.9 Å². The third kappa shape index (κ3) is 10.9. The zero-order valence-electron chi connectivity index (χ0n) is 32.4. The summed E-state index contributed by atoms with van der Waals surface area (Å²) in [6.07, 6.45) is 8.99. The van der Waals surface area contributed by atoms with Crippen LogP contribution in [0.15, 0.2) is 59.9 Å². The number of fused-ring (bicyclic) bond motifs is 1. The molecule has 0 radical (unpaired) electrons. The molecule has 53 heavy (non-hydrogen) atoms. The van der Waals surface area contributed by atoms with Gasteiger partial charge in [0.2, 0.25) is 5.88 Å². The summed E-state index contributed by atoms with van der Waals surface area (Å²) in [5.74, 6) is 1.86. The number of hydrogen-bond donors (Lipinski definition) is 1. The van der Waals surface area contributed by atoms with E-state index in [2.05, 4.69) is 33.7 Å². The van der Waals surface area contributed by atoms with E-state index in [1.54, 1.807) is 4.90 Å². The van der Waals surface area contributed by atoms with Crippen LogP contribution in [0, 0.1) is 5.92 Å². The highest BCUT2D eigenvalue weighted by atomic mass is 32.1. The number of rotatable bonds is 13. The number of nitrogen functional groups attached to an aromatic ring is 1. The SMILES string of the molecule is C/C=C(\C)CCN(CCCN(C[C@@H]1CC[C@H](n2cc(-c3nc(Oc4ccccc4)cs3)c3c(N)ncnc32)C1)C(=O)OC(C)(C)C)C(=O)OC(C)(C)C. The Labute approximate surface area is 317 Å². The number of amides is 2. The van der Waals surface area contributed by atoms with Crippen LogP contribution in [-0.2, 0) is 9.47 Å². The van der Waals surface area contributed by atoms with Crippen molar-refractivity contribution < 1.29 is 23.8 Å². The number of aromatic nitrogens is 4. The fourth-order valence-corrected chi connectivity index (χ4v) is 7.22. The summed E-state index contributed by atoms with van der Waals surface area (Å²) in [6.45, 7) is 17.3.